The normalized spacial score (nSPS) is 12.7. The van der Waals surface area contributed by atoms with Gasteiger partial charge in [-0.2, -0.15) is 5.26 Å². The number of rotatable bonds is 7. The van der Waals surface area contributed by atoms with E-state index in [1.807, 2.05) is 45.9 Å². The highest BCUT2D eigenvalue weighted by atomic mass is 32.2. The molecule has 1 aromatic carbocycles. The molecular weight excluding hydrogens is 386 g/mol. The average molecular weight is 412 g/mol. The number of benzene rings is 1. The molecule has 152 valence electrons. The molecule has 0 aliphatic rings. The largest absolute Gasteiger partial charge is 0.452 e. The number of aryl methyl sites for hydroxylation is 2. The third kappa shape index (κ3) is 5.81. The van der Waals surface area contributed by atoms with E-state index >= 15 is 0 Å². The molecule has 0 spiro atoms. The van der Waals surface area contributed by atoms with Crippen LogP contribution in [0.2, 0.25) is 0 Å². The molecule has 2 aromatic rings. The SMILES string of the molecule is Cc1ccc(Sc2ncccc2C(=O)OCC(=O)N[C@@](C)(C#N)C(C)C)cc1C. The van der Waals surface area contributed by atoms with Crippen LogP contribution in [-0.4, -0.2) is 29.0 Å². The van der Waals surface area contributed by atoms with Gasteiger partial charge in [-0.1, -0.05) is 31.7 Å². The first kappa shape index (κ1) is 22.4. The molecule has 0 fully saturated rings. The molecule has 1 heterocycles. The first-order valence-electron chi connectivity index (χ1n) is 9.26. The maximum Gasteiger partial charge on any atom is 0.341 e. The second-order valence-corrected chi connectivity index (χ2v) is 8.36. The van der Waals surface area contributed by atoms with E-state index in [2.05, 4.69) is 16.4 Å². The van der Waals surface area contributed by atoms with Crippen molar-refractivity contribution in [2.75, 3.05) is 6.61 Å². The molecule has 0 aliphatic heterocycles. The number of nitriles is 1. The highest BCUT2D eigenvalue weighted by molar-refractivity contribution is 7.99. The number of nitrogens with zero attached hydrogens (tertiary/aromatic N) is 2. The van der Waals surface area contributed by atoms with Crippen molar-refractivity contribution in [3.8, 4) is 6.07 Å². The van der Waals surface area contributed by atoms with Gasteiger partial charge in [0.15, 0.2) is 6.61 Å². The summed E-state index contributed by atoms with van der Waals surface area (Å²) in [6.45, 7) is 8.90. The van der Waals surface area contributed by atoms with E-state index in [-0.39, 0.29) is 11.5 Å². The summed E-state index contributed by atoms with van der Waals surface area (Å²) in [5, 5.41) is 12.4. The first-order chi connectivity index (χ1) is 13.7. The fourth-order valence-electron chi connectivity index (χ4n) is 2.35. The molecule has 6 nitrogen and oxygen atoms in total. The van der Waals surface area contributed by atoms with Crippen molar-refractivity contribution < 1.29 is 14.3 Å². The van der Waals surface area contributed by atoms with E-state index in [4.69, 9.17) is 4.74 Å². The first-order valence-corrected chi connectivity index (χ1v) is 10.1. The topological polar surface area (TPSA) is 92.1 Å². The molecule has 0 saturated carbocycles. The Bertz CT molecular complexity index is 953. The van der Waals surface area contributed by atoms with Crippen LogP contribution in [0.1, 0.15) is 42.3 Å². The molecule has 0 radical (unpaired) electrons. The standard InChI is InChI=1S/C22H25N3O3S/c1-14(2)22(5,13-23)25-19(26)12-28-21(27)18-7-6-10-24-20(18)29-17-9-8-15(3)16(4)11-17/h6-11,14H,12H2,1-5H3,(H,25,26)/t22-/m0/s1. The Hall–Kier alpha value is -2.85. The van der Waals surface area contributed by atoms with Gasteiger partial charge in [0.2, 0.25) is 0 Å². The summed E-state index contributed by atoms with van der Waals surface area (Å²) >= 11 is 1.36. The minimum Gasteiger partial charge on any atom is -0.452 e. The zero-order valence-electron chi connectivity index (χ0n) is 17.3. The van der Waals surface area contributed by atoms with Crippen molar-refractivity contribution in [2.45, 2.75) is 50.1 Å². The molecule has 29 heavy (non-hydrogen) atoms. The second-order valence-electron chi connectivity index (χ2n) is 7.30. The molecule has 1 amide bonds. The van der Waals surface area contributed by atoms with E-state index < -0.39 is 24.0 Å². The van der Waals surface area contributed by atoms with Gasteiger partial charge >= 0.3 is 5.97 Å². The van der Waals surface area contributed by atoms with Crippen molar-refractivity contribution in [1.82, 2.24) is 10.3 Å². The summed E-state index contributed by atoms with van der Waals surface area (Å²) in [5.74, 6) is -1.25. The Balaban J connectivity index is 2.07. The predicted octanol–water partition coefficient (Wildman–Crippen LogP) is 4.06. The lowest BCUT2D eigenvalue weighted by molar-refractivity contribution is -0.125. The van der Waals surface area contributed by atoms with Crippen molar-refractivity contribution >= 4 is 23.6 Å². The predicted molar refractivity (Wildman–Crippen MR) is 112 cm³/mol. The Morgan fingerprint density at radius 3 is 2.62 bits per heavy atom. The summed E-state index contributed by atoms with van der Waals surface area (Å²) in [6.07, 6.45) is 1.61. The van der Waals surface area contributed by atoms with Gasteiger partial charge < -0.3 is 10.1 Å². The quantitative estimate of drug-likeness (QED) is 0.691. The summed E-state index contributed by atoms with van der Waals surface area (Å²) in [4.78, 5) is 29.9. The number of hydrogen-bond acceptors (Lipinski definition) is 6. The highest BCUT2D eigenvalue weighted by Crippen LogP contribution is 2.30. The van der Waals surface area contributed by atoms with Crippen LogP contribution in [-0.2, 0) is 9.53 Å². The zero-order chi connectivity index (χ0) is 21.6. The molecule has 1 atom stereocenters. The van der Waals surface area contributed by atoms with Gasteiger partial charge in [0.1, 0.15) is 10.6 Å². The van der Waals surface area contributed by atoms with Gasteiger partial charge in [-0.15, -0.1) is 0 Å². The molecule has 1 aromatic heterocycles. The number of pyridine rings is 1. The van der Waals surface area contributed by atoms with Crippen molar-refractivity contribution in [2.24, 2.45) is 5.92 Å². The van der Waals surface area contributed by atoms with Crippen LogP contribution in [0.3, 0.4) is 0 Å². The van der Waals surface area contributed by atoms with Crippen molar-refractivity contribution in [1.29, 1.82) is 5.26 Å². The zero-order valence-corrected chi connectivity index (χ0v) is 18.1. The van der Waals surface area contributed by atoms with E-state index in [0.29, 0.717) is 5.03 Å². The third-order valence-electron chi connectivity index (χ3n) is 4.80. The lowest BCUT2D eigenvalue weighted by atomic mass is 9.90. The minimum absolute atomic E-state index is 0.0913. The van der Waals surface area contributed by atoms with E-state index in [0.717, 1.165) is 10.5 Å². The number of nitrogens with one attached hydrogen (secondary N) is 1. The van der Waals surface area contributed by atoms with Gasteiger partial charge in [-0.05, 0) is 62.1 Å². The highest BCUT2D eigenvalue weighted by Gasteiger charge is 2.30. The fourth-order valence-corrected chi connectivity index (χ4v) is 3.32. The molecule has 0 saturated heterocycles. The van der Waals surface area contributed by atoms with Gasteiger partial charge in [0, 0.05) is 11.1 Å². The van der Waals surface area contributed by atoms with Crippen LogP contribution < -0.4 is 5.32 Å². The minimum atomic E-state index is -1.03. The summed E-state index contributed by atoms with van der Waals surface area (Å²) in [6, 6.07) is 11.4. The molecule has 0 aliphatic carbocycles. The molecule has 0 unspecified atom stereocenters. The van der Waals surface area contributed by atoms with Crippen LogP contribution in [0, 0.1) is 31.1 Å². The Kier molecular flexibility index (Phi) is 7.40. The number of carbonyl (C=O) groups excluding carboxylic acids is 2. The lowest BCUT2D eigenvalue weighted by Gasteiger charge is -2.27. The fraction of sp³-hybridized carbons (Fsp3) is 0.364. The van der Waals surface area contributed by atoms with Crippen LogP contribution in [0.15, 0.2) is 46.5 Å². The monoisotopic (exact) mass is 411 g/mol. The van der Waals surface area contributed by atoms with Gasteiger partial charge in [0.25, 0.3) is 5.91 Å². The van der Waals surface area contributed by atoms with Crippen LogP contribution in [0.25, 0.3) is 0 Å². The van der Waals surface area contributed by atoms with E-state index in [1.54, 1.807) is 25.3 Å². The molecule has 1 N–H and O–H groups in total. The van der Waals surface area contributed by atoms with Crippen LogP contribution in [0.4, 0.5) is 0 Å². The number of hydrogen-bond donors (Lipinski definition) is 1. The summed E-state index contributed by atoms with van der Waals surface area (Å²) in [7, 11) is 0. The van der Waals surface area contributed by atoms with Gasteiger partial charge in [0.05, 0.1) is 11.6 Å². The Morgan fingerprint density at radius 2 is 2.00 bits per heavy atom. The number of ether oxygens (including phenoxy) is 1. The van der Waals surface area contributed by atoms with Gasteiger partial charge in [-0.25, -0.2) is 9.78 Å². The molecule has 7 heteroatoms. The maximum atomic E-state index is 12.5. The number of esters is 1. The summed E-state index contributed by atoms with van der Waals surface area (Å²) in [5.41, 5.74) is 1.60. The number of amides is 1. The van der Waals surface area contributed by atoms with Crippen LogP contribution >= 0.6 is 11.8 Å². The molecule has 0 bridgehead atoms. The number of aromatic nitrogens is 1. The molecule has 2 rings (SSSR count). The summed E-state index contributed by atoms with van der Waals surface area (Å²) < 4.78 is 5.17. The van der Waals surface area contributed by atoms with Gasteiger partial charge in [-0.3, -0.25) is 4.79 Å². The average Bonchev–Trinajstić information content (AvgIpc) is 2.69. The second kappa shape index (κ2) is 9.57. The Morgan fingerprint density at radius 1 is 1.28 bits per heavy atom. The van der Waals surface area contributed by atoms with Crippen molar-refractivity contribution in [3.05, 3.63) is 53.2 Å². The number of carbonyl (C=O) groups is 2. The van der Waals surface area contributed by atoms with Crippen LogP contribution in [0.5, 0.6) is 0 Å². The van der Waals surface area contributed by atoms with E-state index in [9.17, 15) is 14.9 Å². The third-order valence-corrected chi connectivity index (χ3v) is 5.81. The smallest absolute Gasteiger partial charge is 0.341 e. The molecular formula is C22H25N3O3S. The Labute approximate surface area is 175 Å². The maximum absolute atomic E-state index is 12.5. The lowest BCUT2D eigenvalue weighted by Crippen LogP contribution is -2.50. The van der Waals surface area contributed by atoms with Crippen molar-refractivity contribution in [3.63, 3.8) is 0 Å². The van der Waals surface area contributed by atoms with E-state index in [1.165, 1.54) is 17.3 Å².